The quantitative estimate of drug-likeness (QED) is 0.261. The number of aromatic nitrogens is 4. The number of aliphatic imine (C=N–C) groups is 1. The van der Waals surface area contributed by atoms with E-state index in [9.17, 15) is 4.39 Å². The molecule has 41 heavy (non-hydrogen) atoms. The maximum Gasteiger partial charge on any atom is 0.159 e. The molecule has 3 aliphatic rings. The molecule has 7 heteroatoms. The molecule has 0 amide bonds. The van der Waals surface area contributed by atoms with Gasteiger partial charge in [-0.3, -0.25) is 14.9 Å². The van der Waals surface area contributed by atoms with Gasteiger partial charge < -0.3 is 4.98 Å². The Kier molecular flexibility index (Phi) is 5.64. The Bertz CT molecular complexity index is 1830. The molecular weight excluding hydrogens is 511 g/mol. The van der Waals surface area contributed by atoms with Gasteiger partial charge >= 0.3 is 0 Å². The molecule has 1 spiro atoms. The molecule has 6 nitrogen and oxygen atoms in total. The van der Waals surface area contributed by atoms with Gasteiger partial charge in [-0.25, -0.2) is 14.4 Å². The summed E-state index contributed by atoms with van der Waals surface area (Å²) in [6, 6.07) is 17.7. The molecule has 204 valence electrons. The summed E-state index contributed by atoms with van der Waals surface area (Å²) in [5.41, 5.74) is 10.8. The predicted octanol–water partition coefficient (Wildman–Crippen LogP) is 6.96. The number of H-pyrrole nitrogens is 1. The number of piperidine rings is 1. The first kappa shape index (κ1) is 24.6. The van der Waals surface area contributed by atoms with Crippen LogP contribution < -0.4 is 0 Å². The zero-order chi connectivity index (χ0) is 27.6. The van der Waals surface area contributed by atoms with E-state index >= 15 is 0 Å². The van der Waals surface area contributed by atoms with Crippen LogP contribution in [0.1, 0.15) is 60.3 Å². The van der Waals surface area contributed by atoms with Gasteiger partial charge in [-0.05, 0) is 87.2 Å². The number of hydrogen-bond acceptors (Lipinski definition) is 5. The fraction of sp³-hybridized carbons (Fsp3) is 0.294. The largest absolute Gasteiger partial charge is 0.335 e. The van der Waals surface area contributed by atoms with Gasteiger partial charge in [-0.15, -0.1) is 0 Å². The summed E-state index contributed by atoms with van der Waals surface area (Å²) in [5, 5.41) is 0. The Morgan fingerprint density at radius 2 is 1.73 bits per heavy atom. The Morgan fingerprint density at radius 1 is 0.902 bits per heavy atom. The summed E-state index contributed by atoms with van der Waals surface area (Å²) in [6.07, 6.45) is 9.53. The van der Waals surface area contributed by atoms with Crippen LogP contribution in [0.25, 0.3) is 33.4 Å². The normalized spacial score (nSPS) is 17.7. The van der Waals surface area contributed by atoms with Crippen molar-refractivity contribution >= 4 is 16.7 Å². The van der Waals surface area contributed by atoms with Gasteiger partial charge in [0, 0.05) is 29.4 Å². The summed E-state index contributed by atoms with van der Waals surface area (Å²) in [4.78, 5) is 25.9. The van der Waals surface area contributed by atoms with E-state index in [0.29, 0.717) is 5.82 Å². The number of nitrogens with zero attached hydrogens (tertiary/aromatic N) is 5. The molecule has 2 fully saturated rings. The highest BCUT2D eigenvalue weighted by Gasteiger charge is 2.51. The molecule has 0 radical (unpaired) electrons. The van der Waals surface area contributed by atoms with Crippen LogP contribution in [0.3, 0.4) is 0 Å². The van der Waals surface area contributed by atoms with Crippen LogP contribution in [0, 0.1) is 12.7 Å². The molecule has 5 aromatic rings. The van der Waals surface area contributed by atoms with E-state index < -0.39 is 0 Å². The summed E-state index contributed by atoms with van der Waals surface area (Å²) < 4.78 is 13.6. The van der Waals surface area contributed by atoms with Crippen molar-refractivity contribution in [3.05, 3.63) is 101 Å². The zero-order valence-corrected chi connectivity index (χ0v) is 23.1. The number of hydrogen-bond donors (Lipinski definition) is 1. The molecule has 1 saturated carbocycles. The molecule has 8 rings (SSSR count). The van der Waals surface area contributed by atoms with Crippen molar-refractivity contribution in [2.45, 2.75) is 51.1 Å². The van der Waals surface area contributed by atoms with Crippen LogP contribution in [-0.2, 0) is 12.1 Å². The second-order valence-corrected chi connectivity index (χ2v) is 11.8. The topological polar surface area (TPSA) is 70.1 Å². The fourth-order valence-electron chi connectivity index (χ4n) is 6.53. The highest BCUT2D eigenvalue weighted by atomic mass is 19.1. The second-order valence-electron chi connectivity index (χ2n) is 11.8. The standard InChI is InChI=1S/C34H31FN6/c1-21-15-22(20-41-13-3-2-4-14-41)17-24(16-21)28-10-9-27-31(37-28)32(40-34(27)11-12-34)33-38-29-19-36-18-26(30(29)39-33)23-5-7-25(35)8-6-23/h5-10,15-19H,2-4,11-14,20H2,1H3,(H,38,39). The average molecular weight is 543 g/mol. The lowest BCUT2D eigenvalue weighted by molar-refractivity contribution is 0.221. The van der Waals surface area contributed by atoms with Gasteiger partial charge in [0.25, 0.3) is 0 Å². The van der Waals surface area contributed by atoms with Crippen molar-refractivity contribution in [3.8, 4) is 22.4 Å². The van der Waals surface area contributed by atoms with Gasteiger partial charge in [-0.1, -0.05) is 36.2 Å². The second kappa shape index (κ2) is 9.42. The number of fused-ring (bicyclic) bond motifs is 3. The molecule has 1 N–H and O–H groups in total. The predicted molar refractivity (Wildman–Crippen MR) is 159 cm³/mol. The number of rotatable bonds is 5. The summed E-state index contributed by atoms with van der Waals surface area (Å²) in [6.45, 7) is 5.51. The lowest BCUT2D eigenvalue weighted by Crippen LogP contribution is -2.29. The molecule has 2 aliphatic heterocycles. The van der Waals surface area contributed by atoms with Crippen LogP contribution in [0.2, 0.25) is 0 Å². The number of pyridine rings is 2. The minimum Gasteiger partial charge on any atom is -0.335 e. The van der Waals surface area contributed by atoms with Crippen molar-refractivity contribution < 1.29 is 4.39 Å². The van der Waals surface area contributed by atoms with Crippen molar-refractivity contribution in [1.82, 2.24) is 24.8 Å². The Balaban J connectivity index is 1.18. The summed E-state index contributed by atoms with van der Waals surface area (Å²) in [5.74, 6) is 0.429. The molecule has 1 saturated heterocycles. The van der Waals surface area contributed by atoms with Crippen molar-refractivity contribution in [2.75, 3.05) is 13.1 Å². The van der Waals surface area contributed by atoms with Crippen LogP contribution in [0.5, 0.6) is 0 Å². The third-order valence-corrected chi connectivity index (χ3v) is 8.73. The Labute approximate surface area is 238 Å². The van der Waals surface area contributed by atoms with Crippen LogP contribution in [0.4, 0.5) is 4.39 Å². The summed E-state index contributed by atoms with van der Waals surface area (Å²) >= 11 is 0. The van der Waals surface area contributed by atoms with E-state index in [2.05, 4.69) is 52.1 Å². The molecule has 1 aliphatic carbocycles. The molecule has 3 aromatic heterocycles. The van der Waals surface area contributed by atoms with Gasteiger partial charge in [0.15, 0.2) is 5.82 Å². The third kappa shape index (κ3) is 4.36. The number of likely N-dealkylation sites (tertiary alicyclic amines) is 1. The monoisotopic (exact) mass is 542 g/mol. The molecule has 0 unspecified atom stereocenters. The minimum absolute atomic E-state index is 0.181. The number of imidazole rings is 1. The first-order chi connectivity index (χ1) is 20.0. The number of aromatic amines is 1. The van der Waals surface area contributed by atoms with Gasteiger partial charge in [0.05, 0.1) is 34.2 Å². The van der Waals surface area contributed by atoms with Gasteiger partial charge in [-0.2, -0.15) is 0 Å². The number of halogens is 1. The smallest absolute Gasteiger partial charge is 0.159 e. The van der Waals surface area contributed by atoms with E-state index in [-0.39, 0.29) is 11.4 Å². The zero-order valence-electron chi connectivity index (χ0n) is 23.1. The SMILES string of the molecule is Cc1cc(CN2CCCCC2)cc(-c2ccc3c(n2)C(c2nc4c(-c5ccc(F)cc5)cncc4[nH]2)=NC32CC2)c1. The van der Waals surface area contributed by atoms with E-state index in [1.54, 1.807) is 24.5 Å². The first-order valence-corrected chi connectivity index (χ1v) is 14.6. The van der Waals surface area contributed by atoms with Crippen LogP contribution in [0.15, 0.2) is 72.0 Å². The summed E-state index contributed by atoms with van der Waals surface area (Å²) in [7, 11) is 0. The van der Waals surface area contributed by atoms with Gasteiger partial charge in [0.2, 0.25) is 0 Å². The molecular formula is C34H31FN6. The van der Waals surface area contributed by atoms with Crippen molar-refractivity contribution in [1.29, 1.82) is 0 Å². The highest BCUT2D eigenvalue weighted by Crippen LogP contribution is 2.54. The molecule has 0 bridgehead atoms. The lowest BCUT2D eigenvalue weighted by atomic mass is 9.99. The van der Waals surface area contributed by atoms with E-state index in [1.165, 1.54) is 61.2 Å². The molecule has 0 atom stereocenters. The van der Waals surface area contributed by atoms with Gasteiger partial charge in [0.1, 0.15) is 11.5 Å². The van der Waals surface area contributed by atoms with E-state index in [0.717, 1.165) is 64.2 Å². The number of benzene rings is 2. The molecule has 5 heterocycles. The van der Waals surface area contributed by atoms with E-state index in [4.69, 9.17) is 15.0 Å². The Morgan fingerprint density at radius 3 is 2.54 bits per heavy atom. The Hall–Kier alpha value is -4.23. The highest BCUT2D eigenvalue weighted by molar-refractivity contribution is 6.14. The minimum atomic E-state index is -0.266. The maximum atomic E-state index is 13.6. The number of aryl methyl sites for hydroxylation is 1. The number of nitrogens with one attached hydrogen (secondary N) is 1. The van der Waals surface area contributed by atoms with Crippen molar-refractivity contribution in [3.63, 3.8) is 0 Å². The lowest BCUT2D eigenvalue weighted by Gasteiger charge is -2.26. The average Bonchev–Trinajstić information content (AvgIpc) is 3.52. The first-order valence-electron chi connectivity index (χ1n) is 14.6. The fourth-order valence-corrected chi connectivity index (χ4v) is 6.53. The van der Waals surface area contributed by atoms with Crippen LogP contribution >= 0.6 is 0 Å². The van der Waals surface area contributed by atoms with E-state index in [1.807, 2.05) is 0 Å². The van der Waals surface area contributed by atoms with Crippen molar-refractivity contribution in [2.24, 2.45) is 4.99 Å². The molecule has 2 aromatic carbocycles. The maximum absolute atomic E-state index is 13.6. The van der Waals surface area contributed by atoms with Crippen LogP contribution in [-0.4, -0.2) is 43.6 Å². The third-order valence-electron chi connectivity index (χ3n) is 8.73.